The summed E-state index contributed by atoms with van der Waals surface area (Å²) < 4.78 is 33.0. The smallest absolute Gasteiger partial charge is 0.347 e. The van der Waals surface area contributed by atoms with E-state index in [1.165, 1.54) is 12.1 Å². The van der Waals surface area contributed by atoms with Crippen molar-refractivity contribution in [3.05, 3.63) is 63.3 Å². The SMILES string of the molecule is CCCCOc1c(C(=O)OCC)c(=O)n2c3c(c(Cc4ccc(F)cc4)cnc13)O[C@H](CN(C)C(C)(C)C)C2. The normalized spacial score (nSPS) is 14.9. The molecular weight excluding hydrogens is 501 g/mol. The van der Waals surface area contributed by atoms with Gasteiger partial charge in [-0.15, -0.1) is 0 Å². The number of pyridine rings is 2. The van der Waals surface area contributed by atoms with Gasteiger partial charge in [0.1, 0.15) is 23.0 Å². The Bertz CT molecular complexity index is 1400. The van der Waals surface area contributed by atoms with Crippen LogP contribution in [0.5, 0.6) is 11.5 Å². The topological polar surface area (TPSA) is 82.9 Å². The molecule has 4 rings (SSSR count). The van der Waals surface area contributed by atoms with Crippen LogP contribution in [-0.2, 0) is 17.7 Å². The van der Waals surface area contributed by atoms with E-state index in [1.54, 1.807) is 29.8 Å². The average molecular weight is 540 g/mol. The van der Waals surface area contributed by atoms with Gasteiger partial charge in [-0.05, 0) is 58.9 Å². The Labute approximate surface area is 228 Å². The molecule has 0 bridgehead atoms. The molecule has 39 heavy (non-hydrogen) atoms. The number of rotatable bonds is 10. The number of benzene rings is 1. The molecule has 0 N–H and O–H groups in total. The first-order valence-corrected chi connectivity index (χ1v) is 13.6. The minimum atomic E-state index is -0.728. The molecule has 0 aliphatic carbocycles. The van der Waals surface area contributed by atoms with Gasteiger partial charge in [0.15, 0.2) is 17.1 Å². The minimum absolute atomic E-state index is 0.119. The van der Waals surface area contributed by atoms with E-state index in [0.29, 0.717) is 36.4 Å². The lowest BCUT2D eigenvalue weighted by Gasteiger charge is -2.37. The summed E-state index contributed by atoms with van der Waals surface area (Å²) >= 11 is 0. The maximum Gasteiger partial charge on any atom is 0.347 e. The fourth-order valence-corrected chi connectivity index (χ4v) is 4.57. The fourth-order valence-electron chi connectivity index (χ4n) is 4.57. The van der Waals surface area contributed by atoms with Gasteiger partial charge in [0.25, 0.3) is 5.56 Å². The number of ether oxygens (including phenoxy) is 3. The van der Waals surface area contributed by atoms with Crippen molar-refractivity contribution < 1.29 is 23.4 Å². The van der Waals surface area contributed by atoms with E-state index < -0.39 is 11.5 Å². The monoisotopic (exact) mass is 539 g/mol. The Morgan fingerprint density at radius 2 is 1.95 bits per heavy atom. The maximum atomic E-state index is 13.9. The molecule has 0 unspecified atom stereocenters. The van der Waals surface area contributed by atoms with Crippen LogP contribution in [-0.4, -0.2) is 58.9 Å². The number of hydrogen-bond acceptors (Lipinski definition) is 7. The molecular formula is C30H38FN3O5. The molecule has 0 saturated carbocycles. The highest BCUT2D eigenvalue weighted by molar-refractivity contribution is 6.00. The molecule has 210 valence electrons. The Balaban J connectivity index is 1.92. The zero-order valence-electron chi connectivity index (χ0n) is 23.7. The van der Waals surface area contributed by atoms with E-state index in [4.69, 9.17) is 14.2 Å². The van der Waals surface area contributed by atoms with Crippen molar-refractivity contribution >= 4 is 17.0 Å². The highest BCUT2D eigenvalue weighted by Crippen LogP contribution is 2.38. The van der Waals surface area contributed by atoms with Crippen LogP contribution in [0.4, 0.5) is 4.39 Å². The van der Waals surface area contributed by atoms with Gasteiger partial charge in [0.2, 0.25) is 0 Å². The molecule has 1 aliphatic heterocycles. The number of esters is 1. The summed E-state index contributed by atoms with van der Waals surface area (Å²) in [5, 5.41) is 0. The second kappa shape index (κ2) is 11.7. The Kier molecular flexibility index (Phi) is 8.59. The molecule has 0 radical (unpaired) electrons. The van der Waals surface area contributed by atoms with Crippen molar-refractivity contribution in [2.45, 2.75) is 72.1 Å². The lowest BCUT2D eigenvalue weighted by Crippen LogP contribution is -2.48. The van der Waals surface area contributed by atoms with Gasteiger partial charge < -0.3 is 14.2 Å². The zero-order valence-corrected chi connectivity index (χ0v) is 23.7. The quantitative estimate of drug-likeness (QED) is 0.266. The molecule has 0 saturated heterocycles. The van der Waals surface area contributed by atoms with Gasteiger partial charge in [0, 0.05) is 30.3 Å². The lowest BCUT2D eigenvalue weighted by molar-refractivity contribution is 0.0516. The number of hydrogen-bond donors (Lipinski definition) is 0. The molecule has 3 aromatic rings. The first-order chi connectivity index (χ1) is 18.5. The summed E-state index contributed by atoms with van der Waals surface area (Å²) in [7, 11) is 2.01. The van der Waals surface area contributed by atoms with Crippen molar-refractivity contribution in [3.8, 4) is 11.5 Å². The van der Waals surface area contributed by atoms with Crippen LogP contribution in [0.2, 0.25) is 0 Å². The number of carbonyl (C=O) groups excluding carboxylic acids is 1. The number of nitrogens with zero attached hydrogens (tertiary/aromatic N) is 3. The van der Waals surface area contributed by atoms with Crippen LogP contribution >= 0.6 is 0 Å². The minimum Gasteiger partial charge on any atom is -0.490 e. The summed E-state index contributed by atoms with van der Waals surface area (Å²) in [6.07, 6.45) is 3.39. The van der Waals surface area contributed by atoms with E-state index in [1.807, 2.05) is 14.0 Å². The maximum absolute atomic E-state index is 13.9. The summed E-state index contributed by atoms with van der Waals surface area (Å²) in [6.45, 7) is 11.3. The zero-order chi connectivity index (χ0) is 28.3. The predicted octanol–water partition coefficient (Wildman–Crippen LogP) is 4.97. The van der Waals surface area contributed by atoms with E-state index >= 15 is 0 Å². The molecule has 0 fully saturated rings. The number of unbranched alkanes of at least 4 members (excludes halogenated alkanes) is 1. The van der Waals surface area contributed by atoms with E-state index in [0.717, 1.165) is 24.0 Å². The molecule has 2 aromatic heterocycles. The van der Waals surface area contributed by atoms with Crippen LogP contribution in [0, 0.1) is 5.82 Å². The molecule has 3 heterocycles. The molecule has 1 atom stereocenters. The summed E-state index contributed by atoms with van der Waals surface area (Å²) in [5.74, 6) is -0.391. The summed E-state index contributed by atoms with van der Waals surface area (Å²) in [4.78, 5) is 33.9. The summed E-state index contributed by atoms with van der Waals surface area (Å²) in [6, 6.07) is 6.27. The molecule has 8 nitrogen and oxygen atoms in total. The second-order valence-corrected chi connectivity index (χ2v) is 10.9. The fraction of sp³-hybridized carbons (Fsp3) is 0.500. The number of halogens is 1. The predicted molar refractivity (Wildman–Crippen MR) is 148 cm³/mol. The lowest BCUT2D eigenvalue weighted by atomic mass is 10.0. The Hall–Kier alpha value is -3.46. The molecule has 0 amide bonds. The van der Waals surface area contributed by atoms with Gasteiger partial charge in [-0.25, -0.2) is 9.18 Å². The highest BCUT2D eigenvalue weighted by atomic mass is 19.1. The third-order valence-electron chi connectivity index (χ3n) is 7.08. The van der Waals surface area contributed by atoms with Gasteiger partial charge in [0.05, 0.1) is 19.8 Å². The van der Waals surface area contributed by atoms with Crippen LogP contribution in [0.15, 0.2) is 35.3 Å². The van der Waals surface area contributed by atoms with Gasteiger partial charge in [-0.1, -0.05) is 25.5 Å². The van der Waals surface area contributed by atoms with E-state index in [9.17, 15) is 14.0 Å². The van der Waals surface area contributed by atoms with Crippen LogP contribution in [0.1, 0.15) is 68.9 Å². The van der Waals surface area contributed by atoms with Crippen LogP contribution < -0.4 is 15.0 Å². The first-order valence-electron chi connectivity index (χ1n) is 13.6. The largest absolute Gasteiger partial charge is 0.490 e. The van der Waals surface area contributed by atoms with Gasteiger partial charge in [-0.2, -0.15) is 0 Å². The number of aromatic nitrogens is 2. The first kappa shape index (κ1) is 28.5. The third kappa shape index (κ3) is 6.08. The Morgan fingerprint density at radius 3 is 2.59 bits per heavy atom. The van der Waals surface area contributed by atoms with E-state index in [2.05, 4.69) is 30.7 Å². The molecule has 0 spiro atoms. The van der Waals surface area contributed by atoms with Crippen molar-refractivity contribution in [2.24, 2.45) is 0 Å². The third-order valence-corrected chi connectivity index (χ3v) is 7.08. The standard InChI is InChI=1S/C30H38FN3O5/c1-7-9-14-38-27-23(29(36)37-8-2)28(35)34-18-22(17-33(6)30(3,4)5)39-26-20(16-32-24(27)25(26)34)15-19-10-12-21(31)13-11-19/h10-13,16,22H,7-9,14-15,17-18H2,1-6H3/t22-/m1/s1. The average Bonchev–Trinajstić information content (AvgIpc) is 2.88. The summed E-state index contributed by atoms with van der Waals surface area (Å²) in [5.41, 5.74) is 1.77. The molecule has 1 aliphatic rings. The van der Waals surface area contributed by atoms with Gasteiger partial charge in [-0.3, -0.25) is 19.2 Å². The molecule has 9 heteroatoms. The van der Waals surface area contributed by atoms with Crippen molar-refractivity contribution in [1.29, 1.82) is 0 Å². The number of likely N-dealkylation sites (N-methyl/N-ethyl adjacent to an activating group) is 1. The second-order valence-electron chi connectivity index (χ2n) is 10.9. The van der Waals surface area contributed by atoms with Crippen LogP contribution in [0.25, 0.3) is 11.0 Å². The van der Waals surface area contributed by atoms with Crippen molar-refractivity contribution in [2.75, 3.05) is 26.8 Å². The van der Waals surface area contributed by atoms with Gasteiger partial charge >= 0.3 is 5.97 Å². The van der Waals surface area contributed by atoms with Crippen molar-refractivity contribution in [3.63, 3.8) is 0 Å². The van der Waals surface area contributed by atoms with Crippen LogP contribution in [0.3, 0.4) is 0 Å². The molecule has 1 aromatic carbocycles. The van der Waals surface area contributed by atoms with Crippen molar-refractivity contribution in [1.82, 2.24) is 14.5 Å². The highest BCUT2D eigenvalue weighted by Gasteiger charge is 2.34. The Morgan fingerprint density at radius 1 is 1.23 bits per heavy atom. The number of carbonyl (C=O) groups is 1. The van der Waals surface area contributed by atoms with E-state index in [-0.39, 0.29) is 41.9 Å².